The van der Waals surface area contributed by atoms with Gasteiger partial charge in [-0.25, -0.2) is 4.79 Å². The zero-order valence-corrected chi connectivity index (χ0v) is 32.0. The maximum atomic E-state index is 14.0. The minimum atomic E-state index is -1.57. The molecule has 0 amide bonds. The van der Waals surface area contributed by atoms with E-state index in [2.05, 4.69) is 0 Å². The van der Waals surface area contributed by atoms with E-state index in [4.69, 9.17) is 14.2 Å². The molecule has 0 aliphatic carbocycles. The molecule has 2 aliphatic rings. The van der Waals surface area contributed by atoms with Gasteiger partial charge in [-0.3, -0.25) is 9.59 Å². The van der Waals surface area contributed by atoms with Crippen molar-refractivity contribution in [2.45, 2.75) is 37.6 Å². The SMILES string of the molecule is O=C(C[C@@H]1Cc2c(O)cc(O)cc2O[C@@H]1c1cc(O)c(O)c2c(=O)c(O)cc([C@H]3Oc4cc(O)cc(O)c4C[C@H]3OC(=O)c3cc(O)c(O)c(O)c3)cc12)c1cc(O)c(O)c(O)c1. The van der Waals surface area contributed by atoms with Gasteiger partial charge < -0.3 is 80.6 Å². The van der Waals surface area contributed by atoms with Crippen LogP contribution < -0.4 is 14.9 Å². The second kappa shape index (κ2) is 15.1. The monoisotopic (exact) mass is 866 g/mol. The Morgan fingerprint density at radius 1 is 0.540 bits per heavy atom. The van der Waals surface area contributed by atoms with Crippen molar-refractivity contribution in [2.24, 2.45) is 5.92 Å². The van der Waals surface area contributed by atoms with Crippen LogP contribution in [0.3, 0.4) is 0 Å². The number of ether oxygens (including phenoxy) is 3. The number of esters is 1. The third-order valence-electron chi connectivity index (χ3n) is 10.9. The summed E-state index contributed by atoms with van der Waals surface area (Å²) in [4.78, 5) is 41.4. The van der Waals surface area contributed by atoms with Gasteiger partial charge in [0, 0.05) is 70.8 Å². The number of rotatable bonds is 7. The van der Waals surface area contributed by atoms with E-state index in [1.165, 1.54) is 6.07 Å². The average molecular weight is 867 g/mol. The molecule has 8 rings (SSSR count). The van der Waals surface area contributed by atoms with Gasteiger partial charge in [0.05, 0.1) is 10.9 Å². The summed E-state index contributed by atoms with van der Waals surface area (Å²) in [6, 6.07) is 10.8. The second-order valence-electron chi connectivity index (χ2n) is 15.1. The lowest BCUT2D eigenvalue weighted by Gasteiger charge is -2.35. The molecule has 4 atom stereocenters. The molecule has 324 valence electrons. The lowest BCUT2D eigenvalue weighted by atomic mass is 9.81. The summed E-state index contributed by atoms with van der Waals surface area (Å²) in [6.45, 7) is 0. The van der Waals surface area contributed by atoms with E-state index in [-0.39, 0.29) is 57.5 Å². The predicted molar refractivity (Wildman–Crippen MR) is 213 cm³/mol. The highest BCUT2D eigenvalue weighted by Gasteiger charge is 2.40. The van der Waals surface area contributed by atoms with Gasteiger partial charge in [-0.05, 0) is 54.3 Å². The van der Waals surface area contributed by atoms with Crippen LogP contribution in [0.25, 0.3) is 10.8 Å². The number of carbonyl (C=O) groups is 2. The molecule has 13 N–H and O–H groups in total. The molecule has 0 spiro atoms. The topological polar surface area (TPSA) is 342 Å². The van der Waals surface area contributed by atoms with Crippen LogP contribution in [-0.4, -0.2) is 84.2 Å². The summed E-state index contributed by atoms with van der Waals surface area (Å²) in [7, 11) is 0. The molecule has 19 heteroatoms. The Bertz CT molecular complexity index is 2950. The standard InChI is InChI=1S/C44H34O19/c45-19-9-26(48)23-2-16(5-25(47)15-3-28(50)38(56)29(51)4-15)42(61-34(23)11-19)22-13-33(55)41(59)37-21(22)1-17(6-32(54)40(37)58)43-36(14-24-27(49)10-20(46)12-35(24)62-43)63-44(60)18-7-30(52)39(57)31(53)8-18/h1,3-4,6-13,16,36,42-43,45-46,48-53,55-57,59H,2,5,14H2,(H,54,58)/t16-,36+,42-,43+/m0/s1. The van der Waals surface area contributed by atoms with Gasteiger partial charge >= 0.3 is 5.97 Å². The number of phenolic OH excluding ortho intramolecular Hbond substituents is 12. The third-order valence-corrected chi connectivity index (χ3v) is 10.9. The van der Waals surface area contributed by atoms with Crippen molar-refractivity contribution in [1.29, 1.82) is 0 Å². The van der Waals surface area contributed by atoms with E-state index < -0.39 is 134 Å². The van der Waals surface area contributed by atoms with Crippen molar-refractivity contribution in [3.63, 3.8) is 0 Å². The Morgan fingerprint density at radius 2 is 1.05 bits per heavy atom. The van der Waals surface area contributed by atoms with Gasteiger partial charge in [-0.15, -0.1) is 0 Å². The molecule has 2 heterocycles. The van der Waals surface area contributed by atoms with E-state index in [1.807, 2.05) is 0 Å². The molecule has 0 unspecified atom stereocenters. The molecular formula is C44H34O19. The fraction of sp³-hybridized carbons (Fsp3) is 0.159. The average Bonchev–Trinajstić information content (AvgIpc) is 3.35. The first-order chi connectivity index (χ1) is 29.8. The minimum absolute atomic E-state index is 0.0314. The molecule has 0 bridgehead atoms. The molecule has 0 fully saturated rings. The van der Waals surface area contributed by atoms with Gasteiger partial charge in [-0.2, -0.15) is 0 Å². The van der Waals surface area contributed by atoms with Crippen molar-refractivity contribution in [3.05, 3.63) is 110 Å². The van der Waals surface area contributed by atoms with Crippen LogP contribution in [0.4, 0.5) is 0 Å². The first kappa shape index (κ1) is 41.1. The predicted octanol–water partition coefficient (Wildman–Crippen LogP) is 4.84. The number of aromatic hydroxyl groups is 13. The van der Waals surface area contributed by atoms with Gasteiger partial charge in [-0.1, -0.05) is 0 Å². The van der Waals surface area contributed by atoms with E-state index >= 15 is 0 Å². The number of fused-ring (bicyclic) bond motifs is 3. The van der Waals surface area contributed by atoms with Crippen molar-refractivity contribution in [1.82, 2.24) is 0 Å². The zero-order valence-electron chi connectivity index (χ0n) is 32.0. The molecule has 0 saturated carbocycles. The number of Topliss-reactive ketones (excluding diaryl/α,β-unsaturated/α-hetero) is 1. The van der Waals surface area contributed by atoms with Crippen LogP contribution in [0.1, 0.15) is 61.6 Å². The lowest BCUT2D eigenvalue weighted by Crippen LogP contribution is -2.34. The largest absolute Gasteiger partial charge is 0.508 e. The summed E-state index contributed by atoms with van der Waals surface area (Å²) in [5, 5.41) is 135. The van der Waals surface area contributed by atoms with Crippen LogP contribution >= 0.6 is 0 Å². The molecule has 2 aliphatic heterocycles. The van der Waals surface area contributed by atoms with Gasteiger partial charge in [0.15, 0.2) is 63.6 Å². The molecule has 6 aromatic carbocycles. The Labute approximate surface area is 352 Å². The fourth-order valence-electron chi connectivity index (χ4n) is 7.95. The number of hydrogen-bond donors (Lipinski definition) is 13. The minimum Gasteiger partial charge on any atom is -0.508 e. The highest BCUT2D eigenvalue weighted by Crippen LogP contribution is 2.50. The van der Waals surface area contributed by atoms with Crippen molar-refractivity contribution < 1.29 is 90.2 Å². The molecular weight excluding hydrogens is 832 g/mol. The first-order valence-electron chi connectivity index (χ1n) is 18.7. The van der Waals surface area contributed by atoms with Crippen LogP contribution in [0.15, 0.2) is 71.5 Å². The summed E-state index contributed by atoms with van der Waals surface area (Å²) in [5.41, 5.74) is -2.12. The normalized spacial score (nSPS) is 17.8. The quantitative estimate of drug-likeness (QED) is 0.0580. The highest BCUT2D eigenvalue weighted by molar-refractivity contribution is 5.98. The summed E-state index contributed by atoms with van der Waals surface area (Å²) in [6.07, 6.45) is -5.57. The molecule has 63 heavy (non-hydrogen) atoms. The molecule has 6 aromatic rings. The van der Waals surface area contributed by atoms with Gasteiger partial charge in [0.2, 0.25) is 5.43 Å². The number of ketones is 1. The summed E-state index contributed by atoms with van der Waals surface area (Å²) < 4.78 is 18.3. The number of hydrogen-bond acceptors (Lipinski definition) is 19. The maximum Gasteiger partial charge on any atom is 0.338 e. The van der Waals surface area contributed by atoms with E-state index in [1.54, 1.807) is 0 Å². The number of benzene rings is 5. The smallest absolute Gasteiger partial charge is 0.338 e. The Morgan fingerprint density at radius 3 is 1.62 bits per heavy atom. The van der Waals surface area contributed by atoms with Crippen molar-refractivity contribution in [2.75, 3.05) is 0 Å². The molecule has 0 radical (unpaired) electrons. The third kappa shape index (κ3) is 7.26. The second-order valence-corrected chi connectivity index (χ2v) is 15.1. The van der Waals surface area contributed by atoms with E-state index in [9.17, 15) is 80.8 Å². The van der Waals surface area contributed by atoms with Crippen LogP contribution in [0, 0.1) is 5.92 Å². The van der Waals surface area contributed by atoms with E-state index in [0.717, 1.165) is 60.7 Å². The Kier molecular flexibility index (Phi) is 9.88. The summed E-state index contributed by atoms with van der Waals surface area (Å²) >= 11 is 0. The Hall–Kier alpha value is -8.61. The van der Waals surface area contributed by atoms with E-state index in [0.29, 0.717) is 0 Å². The van der Waals surface area contributed by atoms with Crippen LogP contribution in [0.5, 0.6) is 86.2 Å². The maximum absolute atomic E-state index is 14.0. The molecule has 0 aromatic heterocycles. The number of phenols is 12. The summed E-state index contributed by atoms with van der Waals surface area (Å²) in [5.74, 6) is -13.2. The van der Waals surface area contributed by atoms with Crippen LogP contribution in [-0.2, 0) is 17.6 Å². The molecule has 19 nitrogen and oxygen atoms in total. The van der Waals surface area contributed by atoms with Crippen molar-refractivity contribution >= 4 is 22.5 Å². The van der Waals surface area contributed by atoms with Gasteiger partial charge in [0.25, 0.3) is 0 Å². The van der Waals surface area contributed by atoms with Gasteiger partial charge in [0.1, 0.15) is 46.7 Å². The zero-order chi connectivity index (χ0) is 45.3. The van der Waals surface area contributed by atoms with Crippen LogP contribution in [0.2, 0.25) is 0 Å². The highest BCUT2D eigenvalue weighted by atomic mass is 16.6. The first-order valence-corrected chi connectivity index (χ1v) is 18.7. The van der Waals surface area contributed by atoms with Crippen molar-refractivity contribution in [3.8, 4) is 86.2 Å². The Balaban J connectivity index is 1.31. The fourth-order valence-corrected chi connectivity index (χ4v) is 7.95. The number of carbonyl (C=O) groups excluding carboxylic acids is 2. The molecule has 0 saturated heterocycles. The lowest BCUT2D eigenvalue weighted by molar-refractivity contribution is -0.0188.